The van der Waals surface area contributed by atoms with Gasteiger partial charge in [0, 0.05) is 7.11 Å². The quantitative estimate of drug-likeness (QED) is 0.818. The molecule has 0 aliphatic rings. The lowest BCUT2D eigenvalue weighted by Gasteiger charge is -2.24. The first kappa shape index (κ1) is 14.5. The summed E-state index contributed by atoms with van der Waals surface area (Å²) in [6.45, 7) is 5.76. The van der Waals surface area contributed by atoms with Gasteiger partial charge in [-0.05, 0) is 13.0 Å². The predicted molar refractivity (Wildman–Crippen MR) is 70.4 cm³/mol. The van der Waals surface area contributed by atoms with Crippen molar-refractivity contribution in [2.24, 2.45) is 5.92 Å². The van der Waals surface area contributed by atoms with Crippen molar-refractivity contribution in [3.63, 3.8) is 0 Å². The molecule has 0 saturated carbocycles. The number of hydrogen-bond donors (Lipinski definition) is 1. The molecule has 0 aliphatic heterocycles. The van der Waals surface area contributed by atoms with Gasteiger partial charge in [0.25, 0.3) is 0 Å². The molecule has 1 heterocycles. The van der Waals surface area contributed by atoms with Gasteiger partial charge >= 0.3 is 0 Å². The largest absolute Gasteiger partial charge is 0.383 e. The van der Waals surface area contributed by atoms with Crippen LogP contribution in [0.5, 0.6) is 0 Å². The lowest BCUT2D eigenvalue weighted by Crippen LogP contribution is -2.27. The van der Waals surface area contributed by atoms with E-state index in [-0.39, 0.29) is 6.04 Å². The molecule has 0 aromatic carbocycles. The van der Waals surface area contributed by atoms with Crippen LogP contribution in [-0.2, 0) is 11.3 Å². The molecule has 4 nitrogen and oxygen atoms in total. The second-order valence-corrected chi connectivity index (χ2v) is 4.65. The van der Waals surface area contributed by atoms with Crippen molar-refractivity contribution < 1.29 is 4.74 Å². The standard InChI is InChI=1S/C12H22ClN3O/c1-5-9(2)11(14-3)12-10(13)8-15-16(12)6-7-17-4/h8-9,11,14H,5-7H2,1-4H3. The molecule has 0 bridgehead atoms. The highest BCUT2D eigenvalue weighted by Gasteiger charge is 2.23. The third kappa shape index (κ3) is 3.44. The van der Waals surface area contributed by atoms with Crippen LogP contribution in [0.1, 0.15) is 32.0 Å². The second-order valence-electron chi connectivity index (χ2n) is 4.25. The van der Waals surface area contributed by atoms with Crippen molar-refractivity contribution in [3.8, 4) is 0 Å². The van der Waals surface area contributed by atoms with E-state index in [2.05, 4.69) is 24.3 Å². The molecule has 0 aliphatic carbocycles. The molecule has 0 fully saturated rings. The first-order chi connectivity index (χ1) is 8.15. The van der Waals surface area contributed by atoms with Gasteiger partial charge in [-0.3, -0.25) is 4.68 Å². The molecule has 5 heteroatoms. The maximum atomic E-state index is 6.23. The summed E-state index contributed by atoms with van der Waals surface area (Å²) in [6.07, 6.45) is 2.80. The monoisotopic (exact) mass is 259 g/mol. The van der Waals surface area contributed by atoms with Crippen LogP contribution < -0.4 is 5.32 Å². The van der Waals surface area contributed by atoms with Crippen molar-refractivity contribution in [2.75, 3.05) is 20.8 Å². The molecule has 0 amide bonds. The molecule has 98 valence electrons. The summed E-state index contributed by atoms with van der Waals surface area (Å²) < 4.78 is 7.02. The Balaban J connectivity index is 2.96. The highest BCUT2D eigenvalue weighted by Crippen LogP contribution is 2.29. The van der Waals surface area contributed by atoms with Crippen LogP contribution in [0.15, 0.2) is 6.20 Å². The maximum Gasteiger partial charge on any atom is 0.0834 e. The van der Waals surface area contributed by atoms with Crippen molar-refractivity contribution >= 4 is 11.6 Å². The Bertz CT molecular complexity index is 340. The number of methoxy groups -OCH3 is 1. The molecule has 0 radical (unpaired) electrons. The number of nitrogens with one attached hydrogen (secondary N) is 1. The Morgan fingerprint density at radius 3 is 2.82 bits per heavy atom. The van der Waals surface area contributed by atoms with E-state index in [0.717, 1.165) is 23.7 Å². The molecule has 0 spiro atoms. The Kier molecular flexibility index (Phi) is 5.95. The van der Waals surface area contributed by atoms with Gasteiger partial charge in [0.05, 0.1) is 36.1 Å². The lowest BCUT2D eigenvalue weighted by atomic mass is 9.96. The molecule has 2 unspecified atom stereocenters. The summed E-state index contributed by atoms with van der Waals surface area (Å²) in [5, 5.41) is 8.35. The zero-order valence-corrected chi connectivity index (χ0v) is 11.8. The van der Waals surface area contributed by atoms with Crippen molar-refractivity contribution in [3.05, 3.63) is 16.9 Å². The van der Waals surface area contributed by atoms with E-state index in [4.69, 9.17) is 16.3 Å². The number of rotatable bonds is 7. The minimum absolute atomic E-state index is 0.229. The lowest BCUT2D eigenvalue weighted by molar-refractivity contribution is 0.180. The molecular formula is C12H22ClN3O. The van der Waals surface area contributed by atoms with Gasteiger partial charge in [-0.2, -0.15) is 5.10 Å². The number of aromatic nitrogens is 2. The summed E-state index contributed by atoms with van der Waals surface area (Å²) >= 11 is 6.23. The van der Waals surface area contributed by atoms with Gasteiger partial charge in [-0.15, -0.1) is 0 Å². The maximum absolute atomic E-state index is 6.23. The van der Waals surface area contributed by atoms with Crippen LogP contribution in [0.3, 0.4) is 0 Å². The fourth-order valence-corrected chi connectivity index (χ4v) is 2.22. The minimum Gasteiger partial charge on any atom is -0.383 e. The number of halogens is 1. The zero-order valence-electron chi connectivity index (χ0n) is 11.0. The Labute approximate surface area is 108 Å². The Hall–Kier alpha value is -0.580. The van der Waals surface area contributed by atoms with Gasteiger partial charge in [-0.25, -0.2) is 0 Å². The van der Waals surface area contributed by atoms with E-state index in [0.29, 0.717) is 12.5 Å². The highest BCUT2D eigenvalue weighted by molar-refractivity contribution is 6.31. The Morgan fingerprint density at radius 1 is 1.59 bits per heavy atom. The molecular weight excluding hydrogens is 238 g/mol. The van der Waals surface area contributed by atoms with E-state index >= 15 is 0 Å². The smallest absolute Gasteiger partial charge is 0.0834 e. The molecule has 1 N–H and O–H groups in total. The first-order valence-corrected chi connectivity index (χ1v) is 6.40. The first-order valence-electron chi connectivity index (χ1n) is 6.03. The average Bonchev–Trinajstić information content (AvgIpc) is 2.69. The van der Waals surface area contributed by atoms with Gasteiger partial charge in [0.1, 0.15) is 0 Å². The van der Waals surface area contributed by atoms with Crippen molar-refractivity contribution in [1.82, 2.24) is 15.1 Å². The fourth-order valence-electron chi connectivity index (χ4n) is 1.96. The molecule has 1 rings (SSSR count). The normalized spacial score (nSPS) is 14.9. The van der Waals surface area contributed by atoms with Crippen LogP contribution in [0, 0.1) is 5.92 Å². The van der Waals surface area contributed by atoms with Gasteiger partial charge in [0.15, 0.2) is 0 Å². The second kappa shape index (κ2) is 6.99. The van der Waals surface area contributed by atoms with Crippen LogP contribution in [0.2, 0.25) is 5.02 Å². The highest BCUT2D eigenvalue weighted by atomic mass is 35.5. The summed E-state index contributed by atoms with van der Waals surface area (Å²) in [5.74, 6) is 0.510. The van der Waals surface area contributed by atoms with Crippen LogP contribution in [0.25, 0.3) is 0 Å². The van der Waals surface area contributed by atoms with Crippen LogP contribution in [0.4, 0.5) is 0 Å². The number of ether oxygens (including phenoxy) is 1. The van der Waals surface area contributed by atoms with Gasteiger partial charge < -0.3 is 10.1 Å². The topological polar surface area (TPSA) is 39.1 Å². The van der Waals surface area contributed by atoms with E-state index in [1.165, 1.54) is 0 Å². The van der Waals surface area contributed by atoms with Crippen LogP contribution in [-0.4, -0.2) is 30.5 Å². The van der Waals surface area contributed by atoms with Crippen molar-refractivity contribution in [2.45, 2.75) is 32.9 Å². The number of hydrogen-bond acceptors (Lipinski definition) is 3. The van der Waals surface area contributed by atoms with Crippen LogP contribution >= 0.6 is 11.6 Å². The summed E-state index contributed by atoms with van der Waals surface area (Å²) in [5.41, 5.74) is 1.06. The predicted octanol–water partition coefficient (Wildman–Crippen LogP) is 2.49. The summed E-state index contributed by atoms with van der Waals surface area (Å²) in [7, 11) is 3.65. The van der Waals surface area contributed by atoms with Gasteiger partial charge in [-0.1, -0.05) is 31.9 Å². The van der Waals surface area contributed by atoms with Crippen molar-refractivity contribution in [1.29, 1.82) is 0 Å². The molecule has 0 saturated heterocycles. The third-order valence-corrected chi connectivity index (χ3v) is 3.45. The third-order valence-electron chi connectivity index (χ3n) is 3.16. The summed E-state index contributed by atoms with van der Waals surface area (Å²) in [6, 6.07) is 0.229. The van der Waals surface area contributed by atoms with E-state index in [9.17, 15) is 0 Å². The molecule has 1 aromatic rings. The van der Waals surface area contributed by atoms with E-state index < -0.39 is 0 Å². The Morgan fingerprint density at radius 2 is 2.29 bits per heavy atom. The SMILES string of the molecule is CCC(C)C(NC)c1c(Cl)cnn1CCOC. The minimum atomic E-state index is 0.229. The average molecular weight is 260 g/mol. The molecule has 1 aromatic heterocycles. The molecule has 2 atom stereocenters. The summed E-state index contributed by atoms with van der Waals surface area (Å²) in [4.78, 5) is 0. The fraction of sp³-hybridized carbons (Fsp3) is 0.750. The zero-order chi connectivity index (χ0) is 12.8. The van der Waals surface area contributed by atoms with Gasteiger partial charge in [0.2, 0.25) is 0 Å². The van der Waals surface area contributed by atoms with E-state index in [1.54, 1.807) is 13.3 Å². The van der Waals surface area contributed by atoms with E-state index in [1.807, 2.05) is 11.7 Å². The molecule has 17 heavy (non-hydrogen) atoms. The number of nitrogens with zero attached hydrogens (tertiary/aromatic N) is 2.